The molecule has 7 heteroatoms. The van der Waals surface area contributed by atoms with E-state index in [0.717, 1.165) is 49.2 Å². The van der Waals surface area contributed by atoms with E-state index in [4.69, 9.17) is 9.47 Å². The largest absolute Gasteiger partial charge is 0.454 e. The Labute approximate surface area is 189 Å². The molecule has 0 bridgehead atoms. The summed E-state index contributed by atoms with van der Waals surface area (Å²) < 4.78 is 10.9. The van der Waals surface area contributed by atoms with E-state index in [0.29, 0.717) is 6.79 Å². The highest BCUT2D eigenvalue weighted by Gasteiger charge is 2.15. The van der Waals surface area contributed by atoms with Gasteiger partial charge >= 0.3 is 0 Å². The molecule has 2 heterocycles. The van der Waals surface area contributed by atoms with E-state index in [9.17, 15) is 0 Å². The van der Waals surface area contributed by atoms with Crippen LogP contribution < -0.4 is 19.7 Å². The van der Waals surface area contributed by atoms with Crippen LogP contribution in [0.5, 0.6) is 11.5 Å². The molecular weight excluding hydrogens is 479 g/mol. The van der Waals surface area contributed by atoms with Crippen molar-refractivity contribution < 1.29 is 9.47 Å². The van der Waals surface area contributed by atoms with Crippen molar-refractivity contribution in [2.45, 2.75) is 13.1 Å². The Bertz CT molecular complexity index is 892. The summed E-state index contributed by atoms with van der Waals surface area (Å²) in [5, 5.41) is 3.46. The van der Waals surface area contributed by atoms with Crippen molar-refractivity contribution in [2.75, 3.05) is 38.9 Å². The number of anilines is 1. The van der Waals surface area contributed by atoms with Crippen LogP contribution in [0.25, 0.3) is 0 Å². The second kappa shape index (κ2) is 9.87. The van der Waals surface area contributed by atoms with E-state index < -0.39 is 0 Å². The summed E-state index contributed by atoms with van der Waals surface area (Å²) in [5.74, 6) is 2.47. The van der Waals surface area contributed by atoms with Gasteiger partial charge in [-0.05, 0) is 35.4 Å². The number of guanidine groups is 1. The van der Waals surface area contributed by atoms with E-state index in [1.807, 2.05) is 26.2 Å². The average Bonchev–Trinajstić information content (AvgIpc) is 3.40. The first kappa shape index (κ1) is 21.3. The lowest BCUT2D eigenvalue weighted by Gasteiger charge is -2.23. The van der Waals surface area contributed by atoms with Crippen LogP contribution in [0, 0.1) is 0 Å². The van der Waals surface area contributed by atoms with Gasteiger partial charge in [-0.15, -0.1) is 24.0 Å². The Morgan fingerprint density at radius 3 is 2.66 bits per heavy atom. The lowest BCUT2D eigenvalue weighted by Crippen LogP contribution is -2.38. The summed E-state index contributed by atoms with van der Waals surface area (Å²) in [5.41, 5.74) is 3.65. The van der Waals surface area contributed by atoms with E-state index in [1.165, 1.54) is 11.3 Å². The number of halogens is 1. The number of hydrogen-bond acceptors (Lipinski definition) is 4. The van der Waals surface area contributed by atoms with Crippen LogP contribution in [0.2, 0.25) is 0 Å². The minimum Gasteiger partial charge on any atom is -0.454 e. The van der Waals surface area contributed by atoms with Gasteiger partial charge in [-0.3, -0.25) is 4.99 Å². The molecule has 0 atom stereocenters. The minimum absolute atomic E-state index is 0. The maximum atomic E-state index is 5.47. The van der Waals surface area contributed by atoms with Crippen LogP contribution in [0.15, 0.2) is 59.6 Å². The third-order valence-corrected chi connectivity index (χ3v) is 4.97. The van der Waals surface area contributed by atoms with Gasteiger partial charge in [0.05, 0.1) is 0 Å². The first-order valence-corrected chi connectivity index (χ1v) is 9.52. The third-order valence-electron chi connectivity index (χ3n) is 4.97. The predicted molar refractivity (Wildman–Crippen MR) is 127 cm³/mol. The molecule has 1 N–H and O–H groups in total. The zero-order valence-corrected chi connectivity index (χ0v) is 19.1. The van der Waals surface area contributed by atoms with Gasteiger partial charge in [0.15, 0.2) is 17.5 Å². The van der Waals surface area contributed by atoms with E-state index in [1.54, 1.807) is 0 Å². The Morgan fingerprint density at radius 1 is 1.07 bits per heavy atom. The fourth-order valence-electron chi connectivity index (χ4n) is 3.51. The van der Waals surface area contributed by atoms with Crippen molar-refractivity contribution >= 4 is 35.6 Å². The maximum Gasteiger partial charge on any atom is 0.231 e. The summed E-state index contributed by atoms with van der Waals surface area (Å²) in [4.78, 5) is 8.88. The second-order valence-electron chi connectivity index (χ2n) is 6.99. The molecule has 0 aliphatic carbocycles. The van der Waals surface area contributed by atoms with Crippen LogP contribution in [0.1, 0.15) is 11.1 Å². The molecule has 2 aromatic carbocycles. The average molecular weight is 506 g/mol. The molecule has 29 heavy (non-hydrogen) atoms. The number of hydrogen-bond donors (Lipinski definition) is 1. The zero-order valence-electron chi connectivity index (χ0n) is 16.8. The molecule has 0 unspecified atom stereocenters. The molecule has 4 rings (SSSR count). The predicted octanol–water partition coefficient (Wildman–Crippen LogP) is 3.62. The van der Waals surface area contributed by atoms with Gasteiger partial charge in [0.1, 0.15) is 0 Å². The van der Waals surface area contributed by atoms with Gasteiger partial charge in [-0.1, -0.05) is 30.4 Å². The van der Waals surface area contributed by atoms with Crippen molar-refractivity contribution in [1.82, 2.24) is 10.2 Å². The zero-order chi connectivity index (χ0) is 19.3. The number of nitrogens with one attached hydrogen (secondary N) is 1. The van der Waals surface area contributed by atoms with Crippen LogP contribution in [-0.4, -0.2) is 44.8 Å². The highest BCUT2D eigenvalue weighted by molar-refractivity contribution is 14.0. The Hall–Kier alpha value is -2.42. The molecule has 0 saturated carbocycles. The fraction of sp³-hybridized carbons (Fsp3) is 0.318. The molecule has 0 fully saturated rings. The quantitative estimate of drug-likeness (QED) is 0.291. The SMILES string of the molecule is CN=C(NCc1cccc(N2CC=CC2)c1)N(C)Cc1ccc2c(c1)OCO2.I. The van der Waals surface area contributed by atoms with Crippen molar-refractivity contribution in [3.05, 3.63) is 65.7 Å². The lowest BCUT2D eigenvalue weighted by molar-refractivity contribution is 0.174. The number of benzene rings is 2. The Kier molecular flexibility index (Phi) is 7.24. The van der Waals surface area contributed by atoms with Gasteiger partial charge in [0, 0.05) is 46.0 Å². The fourth-order valence-corrected chi connectivity index (χ4v) is 3.51. The summed E-state index contributed by atoms with van der Waals surface area (Å²) >= 11 is 0. The normalized spacial score (nSPS) is 14.7. The number of ether oxygens (including phenoxy) is 2. The molecule has 0 spiro atoms. The molecule has 2 aromatic rings. The van der Waals surface area contributed by atoms with Gasteiger partial charge < -0.3 is 24.6 Å². The maximum absolute atomic E-state index is 5.47. The molecule has 0 radical (unpaired) electrons. The number of nitrogens with zero attached hydrogens (tertiary/aromatic N) is 3. The molecule has 6 nitrogen and oxygen atoms in total. The number of aliphatic imine (C=N–C) groups is 1. The Balaban J connectivity index is 0.00000240. The van der Waals surface area contributed by atoms with Gasteiger partial charge in [0.25, 0.3) is 0 Å². The van der Waals surface area contributed by atoms with Gasteiger partial charge in [-0.2, -0.15) is 0 Å². The molecule has 2 aliphatic rings. The number of fused-ring (bicyclic) bond motifs is 1. The highest BCUT2D eigenvalue weighted by atomic mass is 127. The van der Waals surface area contributed by atoms with E-state index in [2.05, 4.69) is 62.6 Å². The number of rotatable bonds is 5. The molecule has 0 saturated heterocycles. The van der Waals surface area contributed by atoms with Crippen molar-refractivity contribution in [3.8, 4) is 11.5 Å². The van der Waals surface area contributed by atoms with Gasteiger partial charge in [0.2, 0.25) is 6.79 Å². The molecule has 0 aromatic heterocycles. The summed E-state index contributed by atoms with van der Waals surface area (Å²) in [6.45, 7) is 3.72. The summed E-state index contributed by atoms with van der Waals surface area (Å²) in [6, 6.07) is 14.7. The second-order valence-corrected chi connectivity index (χ2v) is 6.99. The standard InChI is InChI=1S/C22H26N4O2.HI/c1-23-22(25(2)15-18-8-9-20-21(13-18)28-16-27-20)24-14-17-6-5-7-19(12-17)26-10-3-4-11-26;/h3-9,12-13H,10-11,14-16H2,1-2H3,(H,23,24);1H. The van der Waals surface area contributed by atoms with Crippen LogP contribution in [-0.2, 0) is 13.1 Å². The van der Waals surface area contributed by atoms with Gasteiger partial charge in [-0.25, -0.2) is 0 Å². The van der Waals surface area contributed by atoms with Crippen LogP contribution in [0.4, 0.5) is 5.69 Å². The monoisotopic (exact) mass is 506 g/mol. The summed E-state index contributed by atoms with van der Waals surface area (Å²) in [7, 11) is 3.84. The molecule has 0 amide bonds. The van der Waals surface area contributed by atoms with Crippen molar-refractivity contribution in [2.24, 2.45) is 4.99 Å². The topological polar surface area (TPSA) is 49.3 Å². The highest BCUT2D eigenvalue weighted by Crippen LogP contribution is 2.32. The summed E-state index contributed by atoms with van der Waals surface area (Å²) in [6.07, 6.45) is 4.41. The Morgan fingerprint density at radius 2 is 1.86 bits per heavy atom. The third kappa shape index (κ3) is 5.14. The molecule has 2 aliphatic heterocycles. The van der Waals surface area contributed by atoms with Crippen molar-refractivity contribution in [1.29, 1.82) is 0 Å². The van der Waals surface area contributed by atoms with E-state index in [-0.39, 0.29) is 24.0 Å². The first-order valence-electron chi connectivity index (χ1n) is 9.52. The molecule has 154 valence electrons. The van der Waals surface area contributed by atoms with Crippen LogP contribution >= 0.6 is 24.0 Å². The minimum atomic E-state index is 0. The van der Waals surface area contributed by atoms with E-state index >= 15 is 0 Å². The first-order chi connectivity index (χ1) is 13.7. The lowest BCUT2D eigenvalue weighted by atomic mass is 10.2. The van der Waals surface area contributed by atoms with Crippen molar-refractivity contribution in [3.63, 3.8) is 0 Å². The van der Waals surface area contributed by atoms with Crippen LogP contribution in [0.3, 0.4) is 0 Å². The smallest absolute Gasteiger partial charge is 0.231 e. The molecular formula is C22H27IN4O2.